The monoisotopic (exact) mass is 253 g/mol. The Kier molecular flexibility index (Phi) is 3.37. The van der Waals surface area contributed by atoms with Crippen molar-refractivity contribution in [2.75, 3.05) is 5.32 Å². The number of nitrogens with one attached hydrogen (secondary N) is 1. The van der Waals surface area contributed by atoms with Crippen LogP contribution in [0.5, 0.6) is 0 Å². The van der Waals surface area contributed by atoms with E-state index in [1.807, 2.05) is 20.8 Å². The number of fused-ring (bicyclic) bond motifs is 1. The van der Waals surface area contributed by atoms with Crippen molar-refractivity contribution in [2.45, 2.75) is 33.1 Å². The maximum Gasteiger partial charge on any atom is 0.232 e. The molecule has 1 amide bonds. The molecule has 2 nitrogen and oxygen atoms in total. The van der Waals surface area contributed by atoms with E-state index in [1.165, 1.54) is 6.07 Å². The van der Waals surface area contributed by atoms with Crippen molar-refractivity contribution in [1.82, 2.24) is 0 Å². The molecule has 1 aliphatic heterocycles. The molecule has 2 atom stereocenters. The highest BCUT2D eigenvalue weighted by Crippen LogP contribution is 2.42. The van der Waals surface area contributed by atoms with Crippen LogP contribution in [0.4, 0.5) is 14.5 Å². The standard InChI is InChI=1S/C14H17F2NO/c1-4-9(7(2)3)12-10-5-8(15)6-11(16)13(10)17-14(12)18/h5-7,9,12H,4H2,1-3H3,(H,17,18). The molecule has 0 radical (unpaired) electrons. The van der Waals surface area contributed by atoms with E-state index in [0.717, 1.165) is 12.5 Å². The van der Waals surface area contributed by atoms with Crippen molar-refractivity contribution >= 4 is 11.6 Å². The summed E-state index contributed by atoms with van der Waals surface area (Å²) in [7, 11) is 0. The van der Waals surface area contributed by atoms with Crippen molar-refractivity contribution in [3.63, 3.8) is 0 Å². The van der Waals surface area contributed by atoms with E-state index >= 15 is 0 Å². The van der Waals surface area contributed by atoms with E-state index in [4.69, 9.17) is 0 Å². The molecule has 0 aliphatic carbocycles. The van der Waals surface area contributed by atoms with Crippen LogP contribution in [0.2, 0.25) is 0 Å². The SMILES string of the molecule is CCC(C(C)C)C1C(=O)Nc2c(F)cc(F)cc21. The van der Waals surface area contributed by atoms with Crippen LogP contribution in [0, 0.1) is 23.5 Å². The minimum absolute atomic E-state index is 0.0902. The molecule has 0 fully saturated rings. The van der Waals surface area contributed by atoms with Crippen LogP contribution < -0.4 is 5.32 Å². The Morgan fingerprint density at radius 3 is 2.56 bits per heavy atom. The summed E-state index contributed by atoms with van der Waals surface area (Å²) in [6.45, 7) is 6.04. The highest BCUT2D eigenvalue weighted by molar-refractivity contribution is 6.03. The van der Waals surface area contributed by atoms with E-state index in [2.05, 4.69) is 5.32 Å². The molecule has 1 aromatic rings. The second-order valence-electron chi connectivity index (χ2n) is 5.13. The van der Waals surface area contributed by atoms with Gasteiger partial charge in [-0.05, 0) is 23.5 Å². The summed E-state index contributed by atoms with van der Waals surface area (Å²) in [5.41, 5.74) is 0.601. The fourth-order valence-corrected chi connectivity index (χ4v) is 2.83. The lowest BCUT2D eigenvalue weighted by molar-refractivity contribution is -0.118. The Labute approximate surface area is 105 Å². The fourth-order valence-electron chi connectivity index (χ4n) is 2.83. The van der Waals surface area contributed by atoms with Crippen molar-refractivity contribution < 1.29 is 13.6 Å². The van der Waals surface area contributed by atoms with Gasteiger partial charge in [-0.2, -0.15) is 0 Å². The van der Waals surface area contributed by atoms with Crippen LogP contribution in [0.25, 0.3) is 0 Å². The number of amides is 1. The van der Waals surface area contributed by atoms with Gasteiger partial charge in [0.2, 0.25) is 5.91 Å². The van der Waals surface area contributed by atoms with Gasteiger partial charge in [0.25, 0.3) is 0 Å². The summed E-state index contributed by atoms with van der Waals surface area (Å²) >= 11 is 0. The first-order chi connectivity index (χ1) is 8.45. The van der Waals surface area contributed by atoms with E-state index in [1.54, 1.807) is 0 Å². The number of carbonyl (C=O) groups is 1. The molecule has 1 N–H and O–H groups in total. The molecular formula is C14H17F2NO. The Morgan fingerprint density at radius 1 is 1.33 bits per heavy atom. The number of anilines is 1. The summed E-state index contributed by atoms with van der Waals surface area (Å²) in [5.74, 6) is -1.63. The first-order valence-corrected chi connectivity index (χ1v) is 6.25. The van der Waals surface area contributed by atoms with E-state index in [0.29, 0.717) is 5.56 Å². The zero-order valence-electron chi connectivity index (χ0n) is 10.8. The average molecular weight is 253 g/mol. The Hall–Kier alpha value is -1.45. The topological polar surface area (TPSA) is 29.1 Å². The number of carbonyl (C=O) groups excluding carboxylic acids is 1. The van der Waals surface area contributed by atoms with Gasteiger partial charge in [0.1, 0.15) is 11.6 Å². The van der Waals surface area contributed by atoms with Crippen molar-refractivity contribution in [3.8, 4) is 0 Å². The summed E-state index contributed by atoms with van der Waals surface area (Å²) in [4.78, 5) is 12.0. The molecule has 1 heterocycles. The Morgan fingerprint density at radius 2 is 2.00 bits per heavy atom. The average Bonchev–Trinajstić information content (AvgIpc) is 2.58. The number of benzene rings is 1. The van der Waals surface area contributed by atoms with Crippen molar-refractivity contribution in [2.24, 2.45) is 11.8 Å². The highest BCUT2D eigenvalue weighted by atomic mass is 19.1. The van der Waals surface area contributed by atoms with Gasteiger partial charge >= 0.3 is 0 Å². The van der Waals surface area contributed by atoms with Gasteiger partial charge < -0.3 is 5.32 Å². The third-order valence-corrected chi connectivity index (χ3v) is 3.71. The van der Waals surface area contributed by atoms with Crippen LogP contribution >= 0.6 is 0 Å². The van der Waals surface area contributed by atoms with Crippen LogP contribution in [-0.4, -0.2) is 5.91 Å². The third kappa shape index (κ3) is 2.00. The zero-order chi connectivity index (χ0) is 13.4. The normalized spacial score (nSPS) is 19.9. The third-order valence-electron chi connectivity index (χ3n) is 3.71. The van der Waals surface area contributed by atoms with Crippen LogP contribution in [0.15, 0.2) is 12.1 Å². The van der Waals surface area contributed by atoms with Gasteiger partial charge in [-0.15, -0.1) is 0 Å². The molecule has 4 heteroatoms. The molecule has 0 spiro atoms. The molecule has 2 rings (SSSR count). The highest BCUT2D eigenvalue weighted by Gasteiger charge is 2.39. The number of hydrogen-bond acceptors (Lipinski definition) is 1. The summed E-state index contributed by atoms with van der Waals surface area (Å²) in [6.07, 6.45) is 0.799. The van der Waals surface area contributed by atoms with Crippen LogP contribution in [-0.2, 0) is 4.79 Å². The molecule has 1 aliphatic rings. The largest absolute Gasteiger partial charge is 0.323 e. The summed E-state index contributed by atoms with van der Waals surface area (Å²) in [5, 5.41) is 2.53. The van der Waals surface area contributed by atoms with Gasteiger partial charge in [-0.25, -0.2) is 8.78 Å². The van der Waals surface area contributed by atoms with Crippen LogP contribution in [0.1, 0.15) is 38.7 Å². The van der Waals surface area contributed by atoms with E-state index in [9.17, 15) is 13.6 Å². The van der Waals surface area contributed by atoms with Gasteiger partial charge in [0, 0.05) is 6.07 Å². The minimum Gasteiger partial charge on any atom is -0.323 e. The maximum absolute atomic E-state index is 13.6. The zero-order valence-corrected chi connectivity index (χ0v) is 10.8. The van der Waals surface area contributed by atoms with Gasteiger partial charge in [0.05, 0.1) is 11.6 Å². The van der Waals surface area contributed by atoms with Gasteiger partial charge in [-0.1, -0.05) is 27.2 Å². The predicted molar refractivity (Wildman–Crippen MR) is 66.3 cm³/mol. The van der Waals surface area contributed by atoms with Crippen LogP contribution in [0.3, 0.4) is 0 Å². The lowest BCUT2D eigenvalue weighted by Gasteiger charge is -2.24. The number of hydrogen-bond donors (Lipinski definition) is 1. The quantitative estimate of drug-likeness (QED) is 0.874. The first kappa shape index (κ1) is 13.0. The second kappa shape index (κ2) is 4.67. The first-order valence-electron chi connectivity index (χ1n) is 6.25. The molecule has 0 saturated carbocycles. The number of rotatable bonds is 3. The van der Waals surface area contributed by atoms with E-state index < -0.39 is 17.6 Å². The lowest BCUT2D eigenvalue weighted by atomic mass is 9.78. The molecule has 0 saturated heterocycles. The van der Waals surface area contributed by atoms with Crippen molar-refractivity contribution in [3.05, 3.63) is 29.3 Å². The summed E-state index contributed by atoms with van der Waals surface area (Å²) in [6, 6.07) is 2.07. The van der Waals surface area contributed by atoms with Gasteiger partial charge in [0.15, 0.2) is 0 Å². The molecule has 18 heavy (non-hydrogen) atoms. The Balaban J connectivity index is 2.50. The molecular weight excluding hydrogens is 236 g/mol. The second-order valence-corrected chi connectivity index (χ2v) is 5.13. The smallest absolute Gasteiger partial charge is 0.232 e. The number of halogens is 2. The van der Waals surface area contributed by atoms with Gasteiger partial charge in [-0.3, -0.25) is 4.79 Å². The molecule has 0 bridgehead atoms. The predicted octanol–water partition coefficient (Wildman–Crippen LogP) is 3.68. The molecule has 98 valence electrons. The van der Waals surface area contributed by atoms with E-state index in [-0.39, 0.29) is 23.4 Å². The summed E-state index contributed by atoms with van der Waals surface area (Å²) < 4.78 is 26.9. The van der Waals surface area contributed by atoms with Crippen molar-refractivity contribution in [1.29, 1.82) is 0 Å². The lowest BCUT2D eigenvalue weighted by Crippen LogP contribution is -2.24. The molecule has 0 aromatic heterocycles. The minimum atomic E-state index is -0.695. The molecule has 1 aromatic carbocycles. The Bertz CT molecular complexity index is 485. The maximum atomic E-state index is 13.6. The molecule has 2 unspecified atom stereocenters. The fraction of sp³-hybridized carbons (Fsp3) is 0.500.